The smallest absolute Gasteiger partial charge is 0.200 e. The van der Waals surface area contributed by atoms with E-state index in [1.165, 1.54) is 52.7 Å². The average molecular weight is 591 g/mol. The summed E-state index contributed by atoms with van der Waals surface area (Å²) in [6.45, 7) is 10.6. The lowest BCUT2D eigenvalue weighted by Gasteiger charge is -2.28. The van der Waals surface area contributed by atoms with Gasteiger partial charge in [0, 0.05) is 32.7 Å². The molecule has 0 saturated heterocycles. The molecule has 0 saturated carbocycles. The van der Waals surface area contributed by atoms with Gasteiger partial charge in [-0.15, -0.1) is 0 Å². The molecule has 0 heterocycles. The van der Waals surface area contributed by atoms with Crippen molar-refractivity contribution in [1.29, 1.82) is 0 Å². The summed E-state index contributed by atoms with van der Waals surface area (Å²) < 4.78 is 97.9. The van der Waals surface area contributed by atoms with E-state index in [2.05, 4.69) is 0 Å². The van der Waals surface area contributed by atoms with E-state index < -0.39 is 57.5 Å². The maximum atomic E-state index is 16.5. The molecule has 0 fully saturated rings. The maximum Gasteiger partial charge on any atom is 0.200 e. The van der Waals surface area contributed by atoms with Gasteiger partial charge in [-0.2, -0.15) is 0 Å². The Bertz CT molecular complexity index is 1560. The van der Waals surface area contributed by atoms with Gasteiger partial charge in [-0.3, -0.25) is 0 Å². The summed E-state index contributed by atoms with van der Waals surface area (Å²) in [5.41, 5.74) is -1.85. The fourth-order valence-electron chi connectivity index (χ4n) is 4.91. The van der Waals surface area contributed by atoms with E-state index in [9.17, 15) is 0 Å². The quantitative estimate of drug-likeness (QED) is 0.201. The highest BCUT2D eigenvalue weighted by Gasteiger charge is 2.33. The number of halogens is 4. The molecule has 0 amide bonds. The van der Waals surface area contributed by atoms with Crippen molar-refractivity contribution in [2.75, 3.05) is 28.4 Å². The highest BCUT2D eigenvalue weighted by atomic mass is 19.1. The minimum absolute atomic E-state index is 0.0568. The number of fused-ring (bicyclic) bond motifs is 2. The van der Waals surface area contributed by atoms with Crippen LogP contribution in [0.2, 0.25) is 0 Å². The highest BCUT2D eigenvalue weighted by molar-refractivity contribution is 6.12. The normalized spacial score (nSPS) is 12.0. The van der Waals surface area contributed by atoms with Crippen molar-refractivity contribution in [1.82, 2.24) is 0 Å². The molecule has 0 radical (unpaired) electrons. The number of hydrogen-bond donors (Lipinski definition) is 0. The fourth-order valence-corrected chi connectivity index (χ4v) is 4.91. The molecule has 4 rings (SSSR count). The van der Waals surface area contributed by atoms with Gasteiger partial charge in [-0.05, 0) is 65.8 Å². The van der Waals surface area contributed by atoms with Crippen LogP contribution in [0.25, 0.3) is 32.7 Å². The standard InChI is InChI=1S/C32H34F4O6/c1-31(2,3)41-17-13-11-15-19(25(35)29(39-9)27(37-7)23(15)33)21(17)22-18(42-32(4,5)6)14-12-16-20(22)26(36)30(40-10)28(38-8)24(16)34/h11-14H,1-10H3. The second-order valence-electron chi connectivity index (χ2n) is 11.5. The van der Waals surface area contributed by atoms with Gasteiger partial charge in [0.15, 0.2) is 23.3 Å². The van der Waals surface area contributed by atoms with Crippen molar-refractivity contribution in [2.24, 2.45) is 0 Å². The van der Waals surface area contributed by atoms with Crippen molar-refractivity contribution >= 4 is 21.5 Å². The first-order valence-corrected chi connectivity index (χ1v) is 13.1. The van der Waals surface area contributed by atoms with Crippen LogP contribution < -0.4 is 28.4 Å². The zero-order valence-electron chi connectivity index (χ0n) is 25.3. The fraction of sp³-hybridized carbons (Fsp3) is 0.375. The lowest BCUT2D eigenvalue weighted by Crippen LogP contribution is -2.24. The SMILES string of the molecule is COc1c(OC)c(F)c2c(-c3c(OC(C)(C)C)ccc4c(F)c(OC)c(OC)c(F)c34)c(OC(C)(C)C)ccc2c1F. The Morgan fingerprint density at radius 2 is 0.738 bits per heavy atom. The van der Waals surface area contributed by atoms with Crippen LogP contribution in [-0.4, -0.2) is 39.6 Å². The molecule has 42 heavy (non-hydrogen) atoms. The zero-order valence-corrected chi connectivity index (χ0v) is 25.3. The van der Waals surface area contributed by atoms with Crippen LogP contribution >= 0.6 is 0 Å². The predicted octanol–water partition coefficient (Wildman–Crippen LogP) is 8.61. The van der Waals surface area contributed by atoms with Crippen LogP contribution in [0.1, 0.15) is 41.5 Å². The van der Waals surface area contributed by atoms with E-state index in [4.69, 9.17) is 28.4 Å². The maximum absolute atomic E-state index is 16.5. The summed E-state index contributed by atoms with van der Waals surface area (Å²) in [4.78, 5) is 0. The third-order valence-corrected chi connectivity index (χ3v) is 6.35. The summed E-state index contributed by atoms with van der Waals surface area (Å²) >= 11 is 0. The van der Waals surface area contributed by atoms with Crippen molar-refractivity contribution in [2.45, 2.75) is 52.7 Å². The Kier molecular flexibility index (Phi) is 8.06. The Balaban J connectivity index is 2.40. The summed E-state index contributed by atoms with van der Waals surface area (Å²) in [7, 11) is 4.70. The van der Waals surface area contributed by atoms with Gasteiger partial charge < -0.3 is 28.4 Å². The number of hydrogen-bond acceptors (Lipinski definition) is 6. The van der Waals surface area contributed by atoms with Crippen LogP contribution in [0, 0.1) is 23.3 Å². The lowest BCUT2D eigenvalue weighted by atomic mass is 9.90. The van der Waals surface area contributed by atoms with Gasteiger partial charge in [-0.25, -0.2) is 17.6 Å². The second-order valence-corrected chi connectivity index (χ2v) is 11.5. The van der Waals surface area contributed by atoms with Crippen molar-refractivity contribution in [3.8, 4) is 45.6 Å². The van der Waals surface area contributed by atoms with Crippen LogP contribution in [0.4, 0.5) is 17.6 Å². The van der Waals surface area contributed by atoms with Gasteiger partial charge in [-0.1, -0.05) is 0 Å². The third kappa shape index (κ3) is 5.18. The Labute approximate surface area is 242 Å². The molecule has 0 aliphatic rings. The third-order valence-electron chi connectivity index (χ3n) is 6.35. The van der Waals surface area contributed by atoms with E-state index in [1.54, 1.807) is 41.5 Å². The molecular formula is C32H34F4O6. The summed E-state index contributed by atoms with van der Waals surface area (Å²) in [6.07, 6.45) is 0. The Morgan fingerprint density at radius 3 is 1.00 bits per heavy atom. The minimum Gasteiger partial charge on any atom is -0.490 e. The molecule has 0 N–H and O–H groups in total. The Morgan fingerprint density at radius 1 is 0.452 bits per heavy atom. The molecule has 4 aromatic rings. The molecule has 0 aliphatic carbocycles. The molecule has 0 aromatic heterocycles. The molecule has 10 heteroatoms. The highest BCUT2D eigenvalue weighted by Crippen LogP contribution is 2.53. The first-order chi connectivity index (χ1) is 19.6. The number of methoxy groups -OCH3 is 4. The summed E-state index contributed by atoms with van der Waals surface area (Å²) in [5.74, 6) is -5.65. The molecular weight excluding hydrogens is 556 g/mol. The van der Waals surface area contributed by atoms with Gasteiger partial charge in [0.25, 0.3) is 0 Å². The van der Waals surface area contributed by atoms with Crippen molar-refractivity contribution in [3.63, 3.8) is 0 Å². The van der Waals surface area contributed by atoms with E-state index in [1.807, 2.05) is 0 Å². The molecule has 0 spiro atoms. The second kappa shape index (κ2) is 11.0. The van der Waals surface area contributed by atoms with E-state index in [0.29, 0.717) is 0 Å². The van der Waals surface area contributed by atoms with Crippen molar-refractivity contribution < 1.29 is 46.0 Å². The monoisotopic (exact) mass is 590 g/mol. The lowest BCUT2D eigenvalue weighted by molar-refractivity contribution is 0.129. The molecule has 0 bridgehead atoms. The van der Waals surface area contributed by atoms with Crippen LogP contribution in [-0.2, 0) is 0 Å². The average Bonchev–Trinajstić information content (AvgIpc) is 2.90. The Hall–Kier alpha value is -4.08. The first kappa shape index (κ1) is 30.9. The van der Waals surface area contributed by atoms with E-state index >= 15 is 17.6 Å². The topological polar surface area (TPSA) is 55.4 Å². The largest absolute Gasteiger partial charge is 0.490 e. The number of benzene rings is 4. The van der Waals surface area contributed by atoms with E-state index in [0.717, 1.165) is 0 Å². The molecule has 4 aromatic carbocycles. The molecule has 6 nitrogen and oxygen atoms in total. The van der Waals surface area contributed by atoms with Crippen molar-refractivity contribution in [3.05, 3.63) is 47.5 Å². The van der Waals surface area contributed by atoms with Gasteiger partial charge in [0.1, 0.15) is 22.7 Å². The minimum atomic E-state index is -1.000. The zero-order chi connectivity index (χ0) is 31.3. The molecule has 0 atom stereocenters. The predicted molar refractivity (Wildman–Crippen MR) is 154 cm³/mol. The van der Waals surface area contributed by atoms with Crippen LogP contribution in [0.3, 0.4) is 0 Å². The molecule has 0 aliphatic heterocycles. The molecule has 226 valence electrons. The van der Waals surface area contributed by atoms with E-state index in [-0.39, 0.29) is 44.2 Å². The van der Waals surface area contributed by atoms with Crippen LogP contribution in [0.5, 0.6) is 34.5 Å². The first-order valence-electron chi connectivity index (χ1n) is 13.1. The van der Waals surface area contributed by atoms with Gasteiger partial charge in [0.05, 0.1) is 28.4 Å². The van der Waals surface area contributed by atoms with Gasteiger partial charge in [0.2, 0.25) is 23.0 Å². The van der Waals surface area contributed by atoms with Gasteiger partial charge >= 0.3 is 0 Å². The number of ether oxygens (including phenoxy) is 6. The van der Waals surface area contributed by atoms with Crippen LogP contribution in [0.15, 0.2) is 24.3 Å². The number of rotatable bonds is 7. The molecule has 0 unspecified atom stereocenters. The summed E-state index contributed by atoms with van der Waals surface area (Å²) in [6, 6.07) is 5.53. The summed E-state index contributed by atoms with van der Waals surface area (Å²) in [5, 5.41) is -1.04.